The molecule has 2 aromatic rings. The van der Waals surface area contributed by atoms with Gasteiger partial charge in [-0.25, -0.2) is 0 Å². The SMILES string of the molecule is CNC(=O)c1ccc(NC(=O)COc2ccccc2Cl)c(OC)c1. The van der Waals surface area contributed by atoms with E-state index in [0.29, 0.717) is 27.8 Å². The lowest BCUT2D eigenvalue weighted by Crippen LogP contribution is -2.21. The van der Waals surface area contributed by atoms with E-state index in [-0.39, 0.29) is 18.4 Å². The molecule has 0 aromatic heterocycles. The number of amides is 2. The molecule has 0 bridgehead atoms. The second-order valence-electron chi connectivity index (χ2n) is 4.76. The summed E-state index contributed by atoms with van der Waals surface area (Å²) in [5.41, 5.74) is 0.873. The molecule has 2 rings (SSSR count). The van der Waals surface area contributed by atoms with Crippen LogP contribution in [0.1, 0.15) is 10.4 Å². The number of nitrogens with one attached hydrogen (secondary N) is 2. The van der Waals surface area contributed by atoms with Crippen molar-refractivity contribution in [1.82, 2.24) is 5.32 Å². The van der Waals surface area contributed by atoms with Crippen LogP contribution in [0, 0.1) is 0 Å². The van der Waals surface area contributed by atoms with Crippen molar-refractivity contribution in [3.8, 4) is 11.5 Å². The van der Waals surface area contributed by atoms with Crippen LogP contribution in [0.2, 0.25) is 5.02 Å². The molecular weight excluding hydrogens is 332 g/mol. The lowest BCUT2D eigenvalue weighted by Gasteiger charge is -2.12. The Kier molecular flexibility index (Phi) is 6.03. The third-order valence-electron chi connectivity index (χ3n) is 3.16. The first-order valence-corrected chi connectivity index (χ1v) is 7.50. The van der Waals surface area contributed by atoms with E-state index >= 15 is 0 Å². The van der Waals surface area contributed by atoms with E-state index in [1.807, 2.05) is 0 Å². The highest BCUT2D eigenvalue weighted by atomic mass is 35.5. The number of hydrogen-bond donors (Lipinski definition) is 2. The molecule has 0 atom stereocenters. The van der Waals surface area contributed by atoms with Crippen molar-refractivity contribution in [2.24, 2.45) is 0 Å². The molecule has 7 heteroatoms. The number of rotatable bonds is 6. The van der Waals surface area contributed by atoms with E-state index in [9.17, 15) is 9.59 Å². The van der Waals surface area contributed by atoms with Crippen LogP contribution in [-0.4, -0.2) is 32.6 Å². The minimum absolute atomic E-state index is 0.204. The normalized spacial score (nSPS) is 9.96. The lowest BCUT2D eigenvalue weighted by atomic mass is 10.1. The number of anilines is 1. The van der Waals surface area contributed by atoms with Crippen LogP contribution in [0.15, 0.2) is 42.5 Å². The first kappa shape index (κ1) is 17.6. The highest BCUT2D eigenvalue weighted by molar-refractivity contribution is 6.32. The van der Waals surface area contributed by atoms with Crippen LogP contribution in [0.5, 0.6) is 11.5 Å². The molecule has 0 heterocycles. The van der Waals surface area contributed by atoms with Gasteiger partial charge in [-0.05, 0) is 30.3 Å². The number of ether oxygens (including phenoxy) is 2. The Labute approximate surface area is 144 Å². The largest absolute Gasteiger partial charge is 0.495 e. The molecule has 0 unspecified atom stereocenters. The zero-order valence-corrected chi connectivity index (χ0v) is 14.0. The summed E-state index contributed by atoms with van der Waals surface area (Å²) in [7, 11) is 3.00. The molecule has 0 saturated heterocycles. The van der Waals surface area contributed by atoms with Gasteiger partial charge in [0.05, 0.1) is 17.8 Å². The smallest absolute Gasteiger partial charge is 0.262 e. The number of methoxy groups -OCH3 is 1. The van der Waals surface area contributed by atoms with Crippen molar-refractivity contribution >= 4 is 29.1 Å². The fourth-order valence-electron chi connectivity index (χ4n) is 1.97. The summed E-state index contributed by atoms with van der Waals surface area (Å²) in [4.78, 5) is 23.6. The molecule has 2 amide bonds. The Morgan fingerprint density at radius 3 is 2.54 bits per heavy atom. The molecule has 24 heavy (non-hydrogen) atoms. The molecule has 0 aliphatic carbocycles. The van der Waals surface area contributed by atoms with E-state index < -0.39 is 0 Å². The molecule has 0 radical (unpaired) electrons. The van der Waals surface area contributed by atoms with Crippen LogP contribution < -0.4 is 20.1 Å². The number of carbonyl (C=O) groups excluding carboxylic acids is 2. The summed E-state index contributed by atoms with van der Waals surface area (Å²) in [6.07, 6.45) is 0. The fraction of sp³-hybridized carbons (Fsp3) is 0.176. The maximum atomic E-state index is 12.0. The Morgan fingerprint density at radius 1 is 1.12 bits per heavy atom. The van der Waals surface area contributed by atoms with Crippen LogP contribution in [-0.2, 0) is 4.79 Å². The first-order valence-electron chi connectivity index (χ1n) is 7.12. The summed E-state index contributed by atoms with van der Waals surface area (Å²) < 4.78 is 10.6. The maximum absolute atomic E-state index is 12.0. The lowest BCUT2D eigenvalue weighted by molar-refractivity contribution is -0.118. The van der Waals surface area contributed by atoms with Crippen molar-refractivity contribution in [1.29, 1.82) is 0 Å². The van der Waals surface area contributed by atoms with E-state index in [4.69, 9.17) is 21.1 Å². The van der Waals surface area contributed by atoms with E-state index in [1.165, 1.54) is 14.2 Å². The third kappa shape index (κ3) is 4.39. The molecule has 0 spiro atoms. The average molecular weight is 349 g/mol. The molecular formula is C17H17ClN2O4. The van der Waals surface area contributed by atoms with Gasteiger partial charge in [0, 0.05) is 12.6 Å². The zero-order chi connectivity index (χ0) is 17.5. The van der Waals surface area contributed by atoms with Crippen LogP contribution in [0.3, 0.4) is 0 Å². The summed E-state index contributed by atoms with van der Waals surface area (Å²) in [6, 6.07) is 11.6. The van der Waals surface area contributed by atoms with Crippen molar-refractivity contribution in [3.63, 3.8) is 0 Å². The average Bonchev–Trinajstić information content (AvgIpc) is 2.60. The second kappa shape index (κ2) is 8.21. The standard InChI is InChI=1S/C17H17ClN2O4/c1-19-17(22)11-7-8-13(15(9-11)23-2)20-16(21)10-24-14-6-4-3-5-12(14)18/h3-9H,10H2,1-2H3,(H,19,22)(H,20,21). The van der Waals surface area contributed by atoms with Gasteiger partial charge < -0.3 is 20.1 Å². The maximum Gasteiger partial charge on any atom is 0.262 e. The van der Waals surface area contributed by atoms with Crippen molar-refractivity contribution < 1.29 is 19.1 Å². The van der Waals surface area contributed by atoms with Crippen LogP contribution >= 0.6 is 11.6 Å². The van der Waals surface area contributed by atoms with Gasteiger partial charge >= 0.3 is 0 Å². The summed E-state index contributed by atoms with van der Waals surface area (Å²) in [6.45, 7) is -0.204. The highest BCUT2D eigenvalue weighted by Gasteiger charge is 2.12. The summed E-state index contributed by atoms with van der Waals surface area (Å²) in [5, 5.41) is 5.62. The van der Waals surface area contributed by atoms with Gasteiger partial charge in [0.1, 0.15) is 11.5 Å². The van der Waals surface area contributed by atoms with Crippen LogP contribution in [0.25, 0.3) is 0 Å². The number of hydrogen-bond acceptors (Lipinski definition) is 4. The van der Waals surface area contributed by atoms with Crippen molar-refractivity contribution in [2.75, 3.05) is 26.1 Å². The molecule has 0 saturated carbocycles. The second-order valence-corrected chi connectivity index (χ2v) is 5.17. The van der Waals surface area contributed by atoms with Crippen molar-refractivity contribution in [2.45, 2.75) is 0 Å². The topological polar surface area (TPSA) is 76.7 Å². The van der Waals surface area contributed by atoms with Gasteiger partial charge in [-0.15, -0.1) is 0 Å². The minimum Gasteiger partial charge on any atom is -0.495 e. The Bertz CT molecular complexity index is 749. The molecule has 6 nitrogen and oxygen atoms in total. The monoisotopic (exact) mass is 348 g/mol. The van der Waals surface area contributed by atoms with E-state index in [1.54, 1.807) is 42.5 Å². The summed E-state index contributed by atoms with van der Waals surface area (Å²) in [5.74, 6) is 0.188. The van der Waals surface area contributed by atoms with Gasteiger partial charge in [-0.2, -0.15) is 0 Å². The molecule has 2 N–H and O–H groups in total. The van der Waals surface area contributed by atoms with Gasteiger partial charge in [0.15, 0.2) is 6.61 Å². The van der Waals surface area contributed by atoms with E-state index in [2.05, 4.69) is 10.6 Å². The van der Waals surface area contributed by atoms with Gasteiger partial charge in [0.25, 0.3) is 11.8 Å². The number of carbonyl (C=O) groups is 2. The Balaban J connectivity index is 2.03. The van der Waals surface area contributed by atoms with Crippen molar-refractivity contribution in [3.05, 3.63) is 53.1 Å². The molecule has 0 aliphatic heterocycles. The molecule has 2 aromatic carbocycles. The zero-order valence-electron chi connectivity index (χ0n) is 13.3. The fourth-order valence-corrected chi connectivity index (χ4v) is 2.16. The van der Waals surface area contributed by atoms with Gasteiger partial charge in [0.2, 0.25) is 0 Å². The predicted molar refractivity (Wildman–Crippen MR) is 92.0 cm³/mol. The van der Waals surface area contributed by atoms with Gasteiger partial charge in [-0.1, -0.05) is 23.7 Å². The van der Waals surface area contributed by atoms with Crippen LogP contribution in [0.4, 0.5) is 5.69 Å². The van der Waals surface area contributed by atoms with E-state index in [0.717, 1.165) is 0 Å². The highest BCUT2D eigenvalue weighted by Crippen LogP contribution is 2.26. The Hall–Kier alpha value is -2.73. The number of benzene rings is 2. The van der Waals surface area contributed by atoms with Gasteiger partial charge in [-0.3, -0.25) is 9.59 Å². The summed E-state index contributed by atoms with van der Waals surface area (Å²) >= 11 is 5.96. The third-order valence-corrected chi connectivity index (χ3v) is 3.47. The quantitative estimate of drug-likeness (QED) is 0.841. The Morgan fingerprint density at radius 2 is 1.88 bits per heavy atom. The number of para-hydroxylation sites is 1. The molecule has 126 valence electrons. The number of halogens is 1. The minimum atomic E-state index is -0.374. The predicted octanol–water partition coefficient (Wildman–Crippen LogP) is 2.73. The molecule has 0 aliphatic rings. The first-order chi connectivity index (χ1) is 11.5. The molecule has 0 fully saturated rings.